The predicted molar refractivity (Wildman–Crippen MR) is 90.3 cm³/mol. The maximum atomic E-state index is 5.90. The van der Waals surface area contributed by atoms with E-state index in [0.717, 1.165) is 24.5 Å². The van der Waals surface area contributed by atoms with Gasteiger partial charge in [0, 0.05) is 13.1 Å². The van der Waals surface area contributed by atoms with E-state index in [4.69, 9.17) is 4.42 Å². The number of piperidine rings is 1. The van der Waals surface area contributed by atoms with Gasteiger partial charge >= 0.3 is 0 Å². The van der Waals surface area contributed by atoms with Gasteiger partial charge in [0.1, 0.15) is 12.7 Å². The van der Waals surface area contributed by atoms with Crippen molar-refractivity contribution in [2.75, 3.05) is 13.1 Å². The maximum absolute atomic E-state index is 5.90. The normalized spacial score (nSPS) is 20.3. The molecule has 4 heterocycles. The summed E-state index contributed by atoms with van der Waals surface area (Å²) in [5, 5.41) is 14.7. The van der Waals surface area contributed by atoms with Gasteiger partial charge in [-0.25, -0.2) is 4.98 Å². The van der Waals surface area contributed by atoms with Gasteiger partial charge in [0.25, 0.3) is 5.89 Å². The third-order valence-corrected chi connectivity index (χ3v) is 5.40. The van der Waals surface area contributed by atoms with Crippen molar-refractivity contribution in [3.05, 3.63) is 36.1 Å². The molecule has 0 aromatic carbocycles. The molecular formula is C16H20N6OS. The first-order valence-electron chi connectivity index (χ1n) is 8.23. The van der Waals surface area contributed by atoms with E-state index in [9.17, 15) is 0 Å². The van der Waals surface area contributed by atoms with Crippen molar-refractivity contribution in [1.82, 2.24) is 29.9 Å². The second-order valence-electron chi connectivity index (χ2n) is 6.22. The van der Waals surface area contributed by atoms with Gasteiger partial charge in [0.05, 0.1) is 10.9 Å². The molecule has 0 saturated carbocycles. The summed E-state index contributed by atoms with van der Waals surface area (Å²) in [7, 11) is 0. The van der Waals surface area contributed by atoms with Gasteiger partial charge in [-0.05, 0) is 43.7 Å². The third-order valence-electron chi connectivity index (χ3n) is 4.54. The zero-order valence-electron chi connectivity index (χ0n) is 13.6. The minimum absolute atomic E-state index is 0.129. The molecule has 126 valence electrons. The van der Waals surface area contributed by atoms with E-state index in [0.29, 0.717) is 17.7 Å². The largest absolute Gasteiger partial charge is 0.418 e. The second kappa shape index (κ2) is 6.82. The lowest BCUT2D eigenvalue weighted by Gasteiger charge is -2.35. The molecule has 1 aliphatic rings. The number of thiophene rings is 1. The first-order chi connectivity index (χ1) is 11.8. The molecule has 7 nitrogen and oxygen atoms in total. The van der Waals surface area contributed by atoms with Crippen molar-refractivity contribution in [3.8, 4) is 10.8 Å². The molecule has 0 N–H and O–H groups in total. The first-order valence-corrected chi connectivity index (χ1v) is 9.11. The average molecular weight is 344 g/mol. The molecule has 0 spiro atoms. The van der Waals surface area contributed by atoms with E-state index in [1.165, 1.54) is 12.8 Å². The highest BCUT2D eigenvalue weighted by Gasteiger charge is 2.28. The Hall–Kier alpha value is -2.06. The monoisotopic (exact) mass is 344 g/mol. The fourth-order valence-electron chi connectivity index (χ4n) is 3.25. The fourth-order valence-corrected chi connectivity index (χ4v) is 3.89. The molecule has 1 aliphatic heterocycles. The van der Waals surface area contributed by atoms with Crippen molar-refractivity contribution < 1.29 is 4.42 Å². The van der Waals surface area contributed by atoms with Crippen LogP contribution in [-0.4, -0.2) is 43.0 Å². The molecule has 4 rings (SSSR count). The van der Waals surface area contributed by atoms with E-state index < -0.39 is 0 Å². The summed E-state index contributed by atoms with van der Waals surface area (Å²) >= 11 is 1.61. The molecular weight excluding hydrogens is 324 g/mol. The van der Waals surface area contributed by atoms with Crippen LogP contribution in [0.25, 0.3) is 10.8 Å². The van der Waals surface area contributed by atoms with Crippen LogP contribution in [0.2, 0.25) is 0 Å². The standard InChI is InChI=1S/C16H20N6OS/c1-12(15-19-20-16(23-15)14-5-3-7-24-14)21-6-2-4-13(8-21)9-22-11-17-10-18-22/h3,5,7,10-13H,2,4,6,8-9H2,1H3/t12-,13-/m1/s1. The lowest BCUT2D eigenvalue weighted by atomic mass is 9.97. The molecule has 3 aromatic rings. The van der Waals surface area contributed by atoms with Gasteiger partial charge in [0.15, 0.2) is 0 Å². The smallest absolute Gasteiger partial charge is 0.257 e. The van der Waals surface area contributed by atoms with Gasteiger partial charge in [0.2, 0.25) is 5.89 Å². The summed E-state index contributed by atoms with van der Waals surface area (Å²) in [6.07, 6.45) is 5.77. The summed E-state index contributed by atoms with van der Waals surface area (Å²) < 4.78 is 7.82. The fraction of sp³-hybridized carbons (Fsp3) is 0.500. The van der Waals surface area contributed by atoms with Crippen molar-refractivity contribution >= 4 is 11.3 Å². The van der Waals surface area contributed by atoms with Crippen molar-refractivity contribution in [2.24, 2.45) is 5.92 Å². The van der Waals surface area contributed by atoms with Crippen molar-refractivity contribution in [2.45, 2.75) is 32.4 Å². The summed E-state index contributed by atoms with van der Waals surface area (Å²) in [5.41, 5.74) is 0. The van der Waals surface area contributed by atoms with Gasteiger partial charge in [-0.1, -0.05) is 6.07 Å². The number of hydrogen-bond donors (Lipinski definition) is 0. The van der Waals surface area contributed by atoms with Crippen LogP contribution in [0.15, 0.2) is 34.6 Å². The Morgan fingerprint density at radius 1 is 1.42 bits per heavy atom. The molecule has 0 radical (unpaired) electrons. The van der Waals surface area contributed by atoms with Crippen LogP contribution in [0, 0.1) is 5.92 Å². The van der Waals surface area contributed by atoms with Gasteiger partial charge < -0.3 is 4.42 Å². The molecule has 0 unspecified atom stereocenters. The average Bonchev–Trinajstić information content (AvgIpc) is 3.35. The Morgan fingerprint density at radius 2 is 2.38 bits per heavy atom. The van der Waals surface area contributed by atoms with Crippen LogP contribution < -0.4 is 0 Å². The lowest BCUT2D eigenvalue weighted by molar-refractivity contribution is 0.107. The van der Waals surface area contributed by atoms with Crippen LogP contribution >= 0.6 is 11.3 Å². The van der Waals surface area contributed by atoms with E-state index in [2.05, 4.69) is 32.1 Å². The Kier molecular flexibility index (Phi) is 4.40. The third kappa shape index (κ3) is 3.25. The summed E-state index contributed by atoms with van der Waals surface area (Å²) in [6.45, 7) is 5.13. The van der Waals surface area contributed by atoms with Crippen LogP contribution in [0.3, 0.4) is 0 Å². The highest BCUT2D eigenvalue weighted by molar-refractivity contribution is 7.13. The SMILES string of the molecule is C[C@H](c1nnc(-c2cccs2)o1)N1CCC[C@@H](Cn2cncn2)C1. The van der Waals surface area contributed by atoms with Gasteiger partial charge in [-0.2, -0.15) is 5.10 Å². The highest BCUT2D eigenvalue weighted by atomic mass is 32.1. The van der Waals surface area contributed by atoms with Crippen LogP contribution in [0.1, 0.15) is 31.7 Å². The van der Waals surface area contributed by atoms with Crippen LogP contribution in [-0.2, 0) is 6.54 Å². The molecule has 2 atom stereocenters. The Labute approximate surface area is 144 Å². The molecule has 0 bridgehead atoms. The predicted octanol–water partition coefficient (Wildman–Crippen LogP) is 2.86. The number of nitrogens with zero attached hydrogens (tertiary/aromatic N) is 6. The van der Waals surface area contributed by atoms with Crippen LogP contribution in [0.5, 0.6) is 0 Å². The topological polar surface area (TPSA) is 72.9 Å². The number of rotatable bonds is 5. The van der Waals surface area contributed by atoms with E-state index >= 15 is 0 Å². The molecule has 1 saturated heterocycles. The Morgan fingerprint density at radius 3 is 3.17 bits per heavy atom. The minimum atomic E-state index is 0.129. The lowest BCUT2D eigenvalue weighted by Crippen LogP contribution is -2.38. The van der Waals surface area contributed by atoms with E-state index in [-0.39, 0.29) is 6.04 Å². The van der Waals surface area contributed by atoms with Crippen molar-refractivity contribution in [3.63, 3.8) is 0 Å². The number of likely N-dealkylation sites (tertiary alicyclic amines) is 1. The van der Waals surface area contributed by atoms with E-state index in [1.807, 2.05) is 22.2 Å². The summed E-state index contributed by atoms with van der Waals surface area (Å²) in [6, 6.07) is 4.12. The molecule has 3 aromatic heterocycles. The zero-order chi connectivity index (χ0) is 16.4. The molecule has 24 heavy (non-hydrogen) atoms. The number of aromatic nitrogens is 5. The summed E-state index contributed by atoms with van der Waals surface area (Å²) in [5.74, 6) is 1.88. The molecule has 1 fully saturated rings. The zero-order valence-corrected chi connectivity index (χ0v) is 14.4. The number of hydrogen-bond acceptors (Lipinski definition) is 7. The van der Waals surface area contributed by atoms with Gasteiger partial charge in [-0.15, -0.1) is 21.5 Å². The van der Waals surface area contributed by atoms with E-state index in [1.54, 1.807) is 24.0 Å². The van der Waals surface area contributed by atoms with Gasteiger partial charge in [-0.3, -0.25) is 9.58 Å². The minimum Gasteiger partial charge on any atom is -0.418 e. The van der Waals surface area contributed by atoms with Crippen LogP contribution in [0.4, 0.5) is 0 Å². The highest BCUT2D eigenvalue weighted by Crippen LogP contribution is 2.29. The van der Waals surface area contributed by atoms with Crippen molar-refractivity contribution in [1.29, 1.82) is 0 Å². The first kappa shape index (κ1) is 15.5. The maximum Gasteiger partial charge on any atom is 0.257 e. The Balaban J connectivity index is 1.43. The molecule has 0 aliphatic carbocycles. The second-order valence-corrected chi connectivity index (χ2v) is 7.17. The quantitative estimate of drug-likeness (QED) is 0.709. The molecule has 0 amide bonds. The summed E-state index contributed by atoms with van der Waals surface area (Å²) in [4.78, 5) is 7.47. The molecule has 8 heteroatoms. The Bertz CT molecular complexity index is 753.